The van der Waals surface area contributed by atoms with Crippen LogP contribution in [0.4, 0.5) is 5.82 Å². The Morgan fingerprint density at radius 1 is 1.30 bits per heavy atom. The lowest BCUT2D eigenvalue weighted by atomic mass is 10.1. The first-order chi connectivity index (χ1) is 9.86. The summed E-state index contributed by atoms with van der Waals surface area (Å²) in [5.74, 6) is 1.90. The predicted molar refractivity (Wildman–Crippen MR) is 82.4 cm³/mol. The van der Waals surface area contributed by atoms with E-state index >= 15 is 0 Å². The van der Waals surface area contributed by atoms with Gasteiger partial charge in [-0.3, -0.25) is 0 Å². The molecule has 2 heterocycles. The molecule has 2 N–H and O–H groups in total. The minimum Gasteiger partial charge on any atom is -0.490 e. The van der Waals surface area contributed by atoms with E-state index in [2.05, 4.69) is 34.7 Å². The van der Waals surface area contributed by atoms with Gasteiger partial charge in [-0.1, -0.05) is 0 Å². The summed E-state index contributed by atoms with van der Waals surface area (Å²) in [7, 11) is 0. The number of hydrogen-bond donors (Lipinski definition) is 2. The summed E-state index contributed by atoms with van der Waals surface area (Å²) in [5.41, 5.74) is 0. The minimum absolute atomic E-state index is 0.337. The molecule has 1 fully saturated rings. The second kappa shape index (κ2) is 6.09. The van der Waals surface area contributed by atoms with Crippen molar-refractivity contribution in [1.29, 1.82) is 0 Å². The zero-order valence-electron chi connectivity index (χ0n) is 11.9. The van der Waals surface area contributed by atoms with Crippen LogP contribution < -0.4 is 15.4 Å². The van der Waals surface area contributed by atoms with Gasteiger partial charge in [0.2, 0.25) is 0 Å². The Bertz CT molecular complexity index is 579. The Morgan fingerprint density at radius 3 is 2.95 bits per heavy atom. The number of rotatable bonds is 4. The van der Waals surface area contributed by atoms with E-state index in [-0.39, 0.29) is 0 Å². The number of fused-ring (bicyclic) bond motifs is 1. The molecular weight excluding hydrogens is 250 g/mol. The fourth-order valence-corrected chi connectivity index (χ4v) is 2.64. The Balaban J connectivity index is 1.83. The van der Waals surface area contributed by atoms with Gasteiger partial charge < -0.3 is 15.4 Å². The molecule has 106 valence electrons. The number of hydrogen-bond acceptors (Lipinski definition) is 4. The van der Waals surface area contributed by atoms with Gasteiger partial charge in [-0.25, -0.2) is 4.98 Å². The molecule has 0 saturated carbocycles. The van der Waals surface area contributed by atoms with Crippen molar-refractivity contribution >= 4 is 16.6 Å². The highest BCUT2D eigenvalue weighted by atomic mass is 16.5. The Morgan fingerprint density at radius 2 is 2.15 bits per heavy atom. The van der Waals surface area contributed by atoms with Crippen molar-refractivity contribution in [2.45, 2.75) is 25.9 Å². The van der Waals surface area contributed by atoms with Crippen LogP contribution in [-0.4, -0.2) is 30.7 Å². The maximum absolute atomic E-state index is 6.08. The molecule has 4 nitrogen and oxygen atoms in total. The summed E-state index contributed by atoms with van der Waals surface area (Å²) in [6, 6.07) is 8.29. The van der Waals surface area contributed by atoms with Gasteiger partial charge in [0, 0.05) is 18.1 Å². The van der Waals surface area contributed by atoms with Crippen LogP contribution in [0.25, 0.3) is 10.8 Å². The third-order valence-electron chi connectivity index (χ3n) is 3.67. The molecule has 3 rings (SSSR count). The van der Waals surface area contributed by atoms with Crippen LogP contribution in [0.2, 0.25) is 0 Å². The van der Waals surface area contributed by atoms with Crippen molar-refractivity contribution in [2.75, 3.05) is 25.0 Å². The van der Waals surface area contributed by atoms with Gasteiger partial charge in [0.15, 0.2) is 0 Å². The quantitative estimate of drug-likeness (QED) is 0.897. The van der Waals surface area contributed by atoms with Crippen LogP contribution in [0.5, 0.6) is 5.75 Å². The molecule has 0 amide bonds. The van der Waals surface area contributed by atoms with Crippen molar-refractivity contribution < 1.29 is 4.74 Å². The van der Waals surface area contributed by atoms with Crippen LogP contribution in [-0.2, 0) is 0 Å². The van der Waals surface area contributed by atoms with Gasteiger partial charge in [-0.2, -0.15) is 0 Å². The zero-order chi connectivity index (χ0) is 13.8. The van der Waals surface area contributed by atoms with Crippen LogP contribution >= 0.6 is 0 Å². The maximum Gasteiger partial charge on any atom is 0.133 e. The first-order valence-electron chi connectivity index (χ1n) is 7.37. The van der Waals surface area contributed by atoms with Gasteiger partial charge in [0.1, 0.15) is 17.7 Å². The van der Waals surface area contributed by atoms with E-state index in [9.17, 15) is 0 Å². The lowest BCUT2D eigenvalue weighted by Gasteiger charge is -2.24. The van der Waals surface area contributed by atoms with E-state index in [0.717, 1.165) is 49.4 Å². The molecule has 20 heavy (non-hydrogen) atoms. The van der Waals surface area contributed by atoms with E-state index < -0.39 is 0 Å². The highest BCUT2D eigenvalue weighted by Gasteiger charge is 2.14. The number of ether oxygens (including phenoxy) is 1. The minimum atomic E-state index is 0.337. The van der Waals surface area contributed by atoms with Crippen molar-refractivity contribution in [3.05, 3.63) is 30.5 Å². The van der Waals surface area contributed by atoms with Crippen molar-refractivity contribution in [3.63, 3.8) is 0 Å². The fourth-order valence-electron chi connectivity index (χ4n) is 2.64. The van der Waals surface area contributed by atoms with Crippen LogP contribution in [0.1, 0.15) is 19.8 Å². The highest BCUT2D eigenvalue weighted by molar-refractivity contribution is 5.92. The summed E-state index contributed by atoms with van der Waals surface area (Å²) in [4.78, 5) is 4.38. The monoisotopic (exact) mass is 271 g/mol. The average molecular weight is 271 g/mol. The largest absolute Gasteiger partial charge is 0.490 e. The van der Waals surface area contributed by atoms with Gasteiger partial charge in [0.25, 0.3) is 0 Å². The number of nitrogens with one attached hydrogen (secondary N) is 2. The molecule has 4 heteroatoms. The Kier molecular flexibility index (Phi) is 4.02. The third kappa shape index (κ3) is 2.85. The number of benzene rings is 1. The lowest BCUT2D eigenvalue weighted by Crippen LogP contribution is -2.34. The molecule has 1 aromatic heterocycles. The molecule has 1 aromatic carbocycles. The summed E-state index contributed by atoms with van der Waals surface area (Å²) < 4.78 is 6.08. The van der Waals surface area contributed by atoms with Gasteiger partial charge in [0.05, 0.1) is 0 Å². The van der Waals surface area contributed by atoms with Crippen LogP contribution in [0.3, 0.4) is 0 Å². The van der Waals surface area contributed by atoms with E-state index in [1.807, 2.05) is 18.3 Å². The van der Waals surface area contributed by atoms with Gasteiger partial charge in [-0.05, 0) is 62.5 Å². The molecule has 0 spiro atoms. The lowest BCUT2D eigenvalue weighted by molar-refractivity contribution is 0.162. The Labute approximate surface area is 119 Å². The molecule has 1 aliphatic heterocycles. The second-order valence-electron chi connectivity index (χ2n) is 5.14. The van der Waals surface area contributed by atoms with Gasteiger partial charge >= 0.3 is 0 Å². The summed E-state index contributed by atoms with van der Waals surface area (Å²) in [5, 5.41) is 8.96. The normalized spacial score (nSPS) is 16.2. The first kappa shape index (κ1) is 13.2. The van der Waals surface area contributed by atoms with Crippen LogP contribution in [0.15, 0.2) is 30.5 Å². The standard InChI is InChI=1S/C16H21N3O/c1-2-18-16-15-4-3-14(11-12(15)5-10-19-16)20-13-6-8-17-9-7-13/h3-5,10-11,13,17H,2,6-9H2,1H3,(H,18,19). The fraction of sp³-hybridized carbons (Fsp3) is 0.438. The summed E-state index contributed by atoms with van der Waals surface area (Å²) >= 11 is 0. The molecule has 1 aliphatic rings. The average Bonchev–Trinajstić information content (AvgIpc) is 2.49. The molecule has 0 atom stereocenters. The number of piperidine rings is 1. The van der Waals surface area contributed by atoms with E-state index in [0.29, 0.717) is 6.10 Å². The smallest absolute Gasteiger partial charge is 0.133 e. The molecule has 0 aliphatic carbocycles. The number of pyridine rings is 1. The summed E-state index contributed by atoms with van der Waals surface area (Å²) in [6.45, 7) is 5.05. The molecular formula is C16H21N3O. The van der Waals surface area contributed by atoms with E-state index in [1.54, 1.807) is 0 Å². The topological polar surface area (TPSA) is 46.2 Å². The highest BCUT2D eigenvalue weighted by Crippen LogP contribution is 2.26. The number of nitrogens with zero attached hydrogens (tertiary/aromatic N) is 1. The van der Waals surface area contributed by atoms with E-state index in [1.165, 1.54) is 5.39 Å². The SMILES string of the molecule is CCNc1nccc2cc(OC3CCNCC3)ccc12. The predicted octanol–water partition coefficient (Wildman–Crippen LogP) is 2.80. The number of anilines is 1. The van der Waals surface area contributed by atoms with Crippen molar-refractivity contribution in [1.82, 2.24) is 10.3 Å². The zero-order valence-corrected chi connectivity index (χ0v) is 11.9. The third-order valence-corrected chi connectivity index (χ3v) is 3.67. The van der Waals surface area contributed by atoms with Crippen molar-refractivity contribution in [3.8, 4) is 5.75 Å². The molecule has 2 aromatic rings. The van der Waals surface area contributed by atoms with E-state index in [4.69, 9.17) is 4.74 Å². The molecule has 0 unspecified atom stereocenters. The second-order valence-corrected chi connectivity index (χ2v) is 5.14. The van der Waals surface area contributed by atoms with Crippen LogP contribution in [0, 0.1) is 0 Å². The Hall–Kier alpha value is -1.81. The maximum atomic E-state index is 6.08. The van der Waals surface area contributed by atoms with Gasteiger partial charge in [-0.15, -0.1) is 0 Å². The molecule has 0 radical (unpaired) electrons. The molecule has 0 bridgehead atoms. The number of aromatic nitrogens is 1. The van der Waals surface area contributed by atoms with Crippen molar-refractivity contribution in [2.24, 2.45) is 0 Å². The molecule has 1 saturated heterocycles. The summed E-state index contributed by atoms with van der Waals surface area (Å²) in [6.07, 6.45) is 4.34. The first-order valence-corrected chi connectivity index (χ1v) is 7.37.